The zero-order chi connectivity index (χ0) is 40.1. The number of benzene rings is 4. The molecule has 0 saturated carbocycles. The van der Waals surface area contributed by atoms with E-state index in [1.54, 1.807) is 50.2 Å². The number of fused-ring (bicyclic) bond motifs is 2. The van der Waals surface area contributed by atoms with E-state index < -0.39 is 18.2 Å². The first-order valence-corrected chi connectivity index (χ1v) is 19.2. The third kappa shape index (κ3) is 8.39. The van der Waals surface area contributed by atoms with Gasteiger partial charge in [-0.1, -0.05) is 78.9 Å². The number of para-hydroxylation sites is 1. The molecule has 57 heavy (non-hydrogen) atoms. The van der Waals surface area contributed by atoms with Gasteiger partial charge in [0.25, 0.3) is 0 Å². The van der Waals surface area contributed by atoms with Crippen molar-refractivity contribution in [1.29, 1.82) is 0 Å². The van der Waals surface area contributed by atoms with E-state index >= 15 is 0 Å². The third-order valence-electron chi connectivity index (χ3n) is 10.6. The second-order valence-corrected chi connectivity index (χ2v) is 14.5. The Balaban J connectivity index is 1.21. The van der Waals surface area contributed by atoms with Crippen molar-refractivity contribution in [3.8, 4) is 16.9 Å². The number of anilines is 1. The van der Waals surface area contributed by atoms with Crippen molar-refractivity contribution in [2.75, 3.05) is 31.5 Å². The van der Waals surface area contributed by atoms with Crippen LogP contribution in [0.2, 0.25) is 0 Å². The van der Waals surface area contributed by atoms with Gasteiger partial charge in [0, 0.05) is 62.4 Å². The van der Waals surface area contributed by atoms with Gasteiger partial charge in [-0.3, -0.25) is 14.4 Å². The maximum atomic E-state index is 14.7. The number of hydrazine groups is 1. The molecule has 5 N–H and O–H groups in total. The molecular weight excluding hydrogens is 721 g/mol. The molecule has 0 bridgehead atoms. The van der Waals surface area contributed by atoms with Crippen molar-refractivity contribution in [2.45, 2.75) is 44.6 Å². The lowest BCUT2D eigenvalue weighted by molar-refractivity contribution is -0.189. The van der Waals surface area contributed by atoms with Crippen molar-refractivity contribution in [2.24, 2.45) is 12.8 Å². The first-order chi connectivity index (χ1) is 27.6. The maximum Gasteiger partial charge on any atom is 0.334 e. The lowest BCUT2D eigenvalue weighted by atomic mass is 9.97. The highest BCUT2D eigenvalue weighted by Crippen LogP contribution is 2.35. The number of hydrogen-bond donors (Lipinski definition) is 4. The second kappa shape index (κ2) is 17.1. The van der Waals surface area contributed by atoms with Crippen LogP contribution in [0.3, 0.4) is 0 Å². The number of hydrogen-bond acceptors (Lipinski definition) is 7. The van der Waals surface area contributed by atoms with Crippen molar-refractivity contribution in [3.63, 3.8) is 0 Å². The fourth-order valence-electron chi connectivity index (χ4n) is 7.89. The van der Waals surface area contributed by atoms with Crippen LogP contribution in [-0.2, 0) is 40.9 Å². The number of rotatable bonds is 13. The van der Waals surface area contributed by atoms with E-state index in [1.807, 2.05) is 73.8 Å². The maximum absolute atomic E-state index is 14.7. The number of nitrogens with zero attached hydrogens (tertiary/aromatic N) is 5. The smallest absolute Gasteiger partial charge is 0.334 e. The molecule has 2 saturated heterocycles. The molecule has 0 radical (unpaired) electrons. The summed E-state index contributed by atoms with van der Waals surface area (Å²) in [6.07, 6.45) is 4.09. The van der Waals surface area contributed by atoms with E-state index in [0.29, 0.717) is 25.1 Å². The summed E-state index contributed by atoms with van der Waals surface area (Å²) in [4.78, 5) is 58.5. The largest absolute Gasteiger partial charge is 0.508 e. The molecule has 3 heterocycles. The topological polar surface area (TPSA) is 156 Å². The molecule has 2 aliphatic rings. The van der Waals surface area contributed by atoms with E-state index in [2.05, 4.69) is 34.0 Å². The molecule has 5 amide bonds. The SMILES string of the molecule is C=CCN1CC(=O)N2[C@@H](Cc3ccc(O)cc3)C(=O)N(Cc3cccc4c(-c5ccc(NC(=O)CCCN)cc5)cn(C)c34)C[C@@H]2N1C(=O)NCc1ccccc1. The Morgan fingerprint density at radius 3 is 2.42 bits per heavy atom. The molecule has 0 aliphatic carbocycles. The summed E-state index contributed by atoms with van der Waals surface area (Å²) in [7, 11) is 1.97. The van der Waals surface area contributed by atoms with Crippen LogP contribution in [0.5, 0.6) is 5.75 Å². The summed E-state index contributed by atoms with van der Waals surface area (Å²) in [5.41, 5.74) is 11.8. The number of urea groups is 1. The highest BCUT2D eigenvalue weighted by atomic mass is 16.3. The molecule has 294 valence electrons. The minimum Gasteiger partial charge on any atom is -0.508 e. The van der Waals surface area contributed by atoms with Gasteiger partial charge in [0.15, 0.2) is 0 Å². The summed E-state index contributed by atoms with van der Waals surface area (Å²) in [6.45, 7) is 5.08. The fourth-order valence-corrected chi connectivity index (χ4v) is 7.89. The first kappa shape index (κ1) is 38.8. The molecule has 4 aromatic carbocycles. The number of carbonyl (C=O) groups is 4. The molecule has 13 heteroatoms. The molecule has 1 aromatic heterocycles. The van der Waals surface area contributed by atoms with Crippen molar-refractivity contribution >= 4 is 40.3 Å². The molecule has 2 fully saturated rings. The Hall–Kier alpha value is -6.44. The van der Waals surface area contributed by atoms with Gasteiger partial charge < -0.3 is 35.8 Å². The summed E-state index contributed by atoms with van der Waals surface area (Å²) >= 11 is 0. The standard InChI is InChI=1S/C44H48N8O5/c1-3-23-50-29-41(55)51-38(24-30-14-20-35(53)21-15-30)43(56)49(28-40(51)52(50)44(57)46-25-31-9-5-4-6-10-31)26-33-11-7-12-36-37(27-48(2)42(33)36)32-16-18-34(19-17-32)47-39(54)13-8-22-45/h3-7,9-12,14-21,27,38,40,53H,1,8,13,22-26,28-29,45H2,2H3,(H,46,57)(H,47,54)/t38-,40-/m0/s1. The Kier molecular flexibility index (Phi) is 11.7. The van der Waals surface area contributed by atoms with E-state index in [0.717, 1.165) is 38.7 Å². The van der Waals surface area contributed by atoms with Gasteiger partial charge in [0.1, 0.15) is 18.0 Å². The zero-order valence-electron chi connectivity index (χ0n) is 32.0. The summed E-state index contributed by atoms with van der Waals surface area (Å²) < 4.78 is 2.05. The normalized spacial score (nSPS) is 17.1. The van der Waals surface area contributed by atoms with Gasteiger partial charge >= 0.3 is 6.03 Å². The zero-order valence-corrected chi connectivity index (χ0v) is 32.0. The average Bonchev–Trinajstić information content (AvgIpc) is 3.56. The minimum absolute atomic E-state index is 0.0781. The van der Waals surface area contributed by atoms with Gasteiger partial charge in [-0.05, 0) is 59.5 Å². The number of nitrogens with one attached hydrogen (secondary N) is 2. The quantitative estimate of drug-likeness (QED) is 0.123. The van der Waals surface area contributed by atoms with E-state index in [-0.39, 0.29) is 62.6 Å². The van der Waals surface area contributed by atoms with Crippen LogP contribution in [0.1, 0.15) is 29.5 Å². The van der Waals surface area contributed by atoms with Crippen LogP contribution in [-0.4, -0.2) is 91.6 Å². The van der Waals surface area contributed by atoms with Crippen LogP contribution in [0.25, 0.3) is 22.0 Å². The number of piperazine rings is 1. The Bertz CT molecular complexity index is 2260. The number of carbonyl (C=O) groups excluding carboxylic acids is 4. The summed E-state index contributed by atoms with van der Waals surface area (Å²) in [5, 5.41) is 20.2. The molecule has 2 aliphatic heterocycles. The molecular formula is C44H48N8O5. The average molecular weight is 769 g/mol. The molecule has 5 aromatic rings. The Morgan fingerprint density at radius 2 is 1.70 bits per heavy atom. The van der Waals surface area contributed by atoms with Gasteiger partial charge in [-0.2, -0.15) is 0 Å². The third-order valence-corrected chi connectivity index (χ3v) is 10.6. The van der Waals surface area contributed by atoms with Crippen molar-refractivity contribution in [3.05, 3.63) is 133 Å². The number of phenolic OH excluding ortho intramolecular Hbond substituents is 1. The van der Waals surface area contributed by atoms with Crippen LogP contribution in [0, 0.1) is 0 Å². The Morgan fingerprint density at radius 1 is 0.947 bits per heavy atom. The molecule has 0 spiro atoms. The monoisotopic (exact) mass is 768 g/mol. The van der Waals surface area contributed by atoms with Gasteiger partial charge in [-0.15, -0.1) is 6.58 Å². The highest BCUT2D eigenvalue weighted by Gasteiger charge is 2.51. The lowest BCUT2D eigenvalue weighted by Gasteiger charge is -2.55. The van der Waals surface area contributed by atoms with Crippen LogP contribution < -0.4 is 16.4 Å². The van der Waals surface area contributed by atoms with Crippen LogP contribution >= 0.6 is 0 Å². The molecule has 2 atom stereocenters. The second-order valence-electron chi connectivity index (χ2n) is 14.5. The van der Waals surface area contributed by atoms with Crippen LogP contribution in [0.4, 0.5) is 10.5 Å². The predicted octanol–water partition coefficient (Wildman–Crippen LogP) is 4.96. The molecule has 0 unspecified atom stereocenters. The predicted molar refractivity (Wildman–Crippen MR) is 219 cm³/mol. The van der Waals surface area contributed by atoms with E-state index in [1.165, 1.54) is 0 Å². The van der Waals surface area contributed by atoms with Gasteiger partial charge in [0.2, 0.25) is 17.7 Å². The van der Waals surface area contributed by atoms with E-state index in [4.69, 9.17) is 5.73 Å². The fraction of sp³-hybridized carbons (Fsp3) is 0.273. The summed E-state index contributed by atoms with van der Waals surface area (Å²) in [6, 6.07) is 28.6. The number of phenols is 1. The lowest BCUT2D eigenvalue weighted by Crippen LogP contribution is -2.76. The summed E-state index contributed by atoms with van der Waals surface area (Å²) in [5.74, 6) is -0.476. The number of aromatic nitrogens is 1. The number of nitrogens with two attached hydrogens (primary N) is 1. The number of aryl methyl sites for hydroxylation is 1. The minimum atomic E-state index is -0.909. The number of amides is 5. The van der Waals surface area contributed by atoms with Crippen molar-refractivity contribution < 1.29 is 24.3 Å². The number of aromatic hydroxyl groups is 1. The first-order valence-electron chi connectivity index (χ1n) is 19.2. The molecule has 13 nitrogen and oxygen atoms in total. The highest BCUT2D eigenvalue weighted by molar-refractivity contribution is 5.99. The van der Waals surface area contributed by atoms with Crippen molar-refractivity contribution in [1.82, 2.24) is 29.7 Å². The molecule has 7 rings (SSSR count). The van der Waals surface area contributed by atoms with Crippen LogP contribution in [0.15, 0.2) is 116 Å². The van der Waals surface area contributed by atoms with Gasteiger partial charge in [0.05, 0.1) is 18.6 Å². The Labute approximate surface area is 331 Å². The van der Waals surface area contributed by atoms with Gasteiger partial charge in [-0.25, -0.2) is 14.8 Å². The van der Waals surface area contributed by atoms with E-state index in [9.17, 15) is 24.3 Å².